The van der Waals surface area contributed by atoms with E-state index < -0.39 is 66.2 Å². The molecule has 0 aromatic rings. The van der Waals surface area contributed by atoms with Crippen LogP contribution in [0, 0.1) is 5.92 Å². The number of amides is 4. The van der Waals surface area contributed by atoms with Crippen LogP contribution in [0.2, 0.25) is 0 Å². The highest BCUT2D eigenvalue weighted by molar-refractivity contribution is 7.98. The van der Waals surface area contributed by atoms with Gasteiger partial charge >= 0.3 is 11.9 Å². The van der Waals surface area contributed by atoms with Gasteiger partial charge in [0.2, 0.25) is 23.6 Å². The average Bonchev–Trinajstić information content (AvgIpc) is 2.76. The predicted octanol–water partition coefficient (Wildman–Crippen LogP) is -1.61. The molecule has 0 radical (unpaired) electrons. The maximum atomic E-state index is 12.8. The summed E-state index contributed by atoms with van der Waals surface area (Å²) < 4.78 is 0. The first-order chi connectivity index (χ1) is 15.8. The number of carbonyl (C=O) groups excluding carboxylic acids is 4. The van der Waals surface area contributed by atoms with E-state index in [1.165, 1.54) is 11.8 Å². The maximum Gasteiger partial charge on any atom is 0.326 e. The minimum absolute atomic E-state index is 0.154. The van der Waals surface area contributed by atoms with Crippen LogP contribution in [0.15, 0.2) is 0 Å². The van der Waals surface area contributed by atoms with Gasteiger partial charge in [-0.15, -0.1) is 0 Å². The van der Waals surface area contributed by atoms with Crippen LogP contribution in [-0.4, -0.2) is 82.0 Å². The summed E-state index contributed by atoms with van der Waals surface area (Å²) in [5.74, 6) is -5.69. The first-order valence-corrected chi connectivity index (χ1v) is 12.1. The summed E-state index contributed by atoms with van der Waals surface area (Å²) in [5.41, 5.74) is 10.8. The Morgan fingerprint density at radius 1 is 0.912 bits per heavy atom. The van der Waals surface area contributed by atoms with E-state index in [1.807, 2.05) is 0 Å². The van der Waals surface area contributed by atoms with Crippen LogP contribution in [0.4, 0.5) is 0 Å². The molecule has 0 aromatic heterocycles. The zero-order valence-electron chi connectivity index (χ0n) is 19.5. The van der Waals surface area contributed by atoms with E-state index in [4.69, 9.17) is 16.6 Å². The van der Waals surface area contributed by atoms with Gasteiger partial charge in [0.25, 0.3) is 0 Å². The standard InChI is InChI=1S/C20H35N5O8S/c1-4-10(2)16(20(32)33)25-18(30)12(7-8-34-3)23-19(31)13(9-14(22)26)24-17(29)11(21)5-6-15(27)28/h10-13,16H,4-9,21H2,1-3H3,(H2,22,26)(H,23,31)(H,24,29)(H,25,30)(H,27,28)(H,32,33). The second-order valence-corrected chi connectivity index (χ2v) is 8.81. The van der Waals surface area contributed by atoms with Crippen molar-refractivity contribution in [3.05, 3.63) is 0 Å². The number of aliphatic carboxylic acids is 2. The number of hydrogen-bond donors (Lipinski definition) is 7. The third-order valence-electron chi connectivity index (χ3n) is 5.06. The fourth-order valence-corrected chi connectivity index (χ4v) is 3.28. The van der Waals surface area contributed by atoms with E-state index in [-0.39, 0.29) is 25.2 Å². The lowest BCUT2D eigenvalue weighted by Crippen LogP contribution is -2.58. The molecule has 0 fully saturated rings. The highest BCUT2D eigenvalue weighted by Crippen LogP contribution is 2.10. The fraction of sp³-hybridized carbons (Fsp3) is 0.700. The van der Waals surface area contributed by atoms with Crippen LogP contribution < -0.4 is 27.4 Å². The molecule has 5 atom stereocenters. The Bertz CT molecular complexity index is 750. The zero-order valence-corrected chi connectivity index (χ0v) is 20.4. The van der Waals surface area contributed by atoms with Crippen molar-refractivity contribution in [2.24, 2.45) is 17.4 Å². The number of thioether (sulfide) groups is 1. The molecule has 0 aliphatic rings. The molecule has 9 N–H and O–H groups in total. The lowest BCUT2D eigenvalue weighted by atomic mass is 9.98. The van der Waals surface area contributed by atoms with Gasteiger partial charge < -0.3 is 37.6 Å². The van der Waals surface area contributed by atoms with Crippen LogP contribution in [-0.2, 0) is 28.8 Å². The topological polar surface area (TPSA) is 231 Å². The molecule has 0 aromatic carbocycles. The molecule has 0 aliphatic heterocycles. The van der Waals surface area contributed by atoms with Crippen LogP contribution in [0.1, 0.15) is 46.0 Å². The Hall–Kier alpha value is -2.87. The highest BCUT2D eigenvalue weighted by atomic mass is 32.2. The molecule has 0 aliphatic carbocycles. The van der Waals surface area contributed by atoms with Gasteiger partial charge in [0.1, 0.15) is 18.1 Å². The van der Waals surface area contributed by atoms with Gasteiger partial charge in [0.15, 0.2) is 0 Å². The van der Waals surface area contributed by atoms with Crippen LogP contribution >= 0.6 is 11.8 Å². The van der Waals surface area contributed by atoms with Crippen LogP contribution in [0.25, 0.3) is 0 Å². The normalized spacial score (nSPS) is 15.2. The van der Waals surface area contributed by atoms with Crippen molar-refractivity contribution in [3.63, 3.8) is 0 Å². The molecule has 0 bridgehead atoms. The Balaban J connectivity index is 5.50. The molecule has 0 saturated carbocycles. The number of carboxylic acids is 2. The number of nitrogens with one attached hydrogen (secondary N) is 3. The van der Waals surface area contributed by atoms with E-state index in [9.17, 15) is 33.9 Å². The largest absolute Gasteiger partial charge is 0.481 e. The Kier molecular flexibility index (Phi) is 14.5. The second kappa shape index (κ2) is 15.9. The van der Waals surface area contributed by atoms with Crippen molar-refractivity contribution in [2.45, 2.75) is 70.1 Å². The Morgan fingerprint density at radius 3 is 1.94 bits per heavy atom. The molecule has 14 heteroatoms. The molecule has 4 amide bonds. The molecular formula is C20H35N5O8S. The molecule has 13 nitrogen and oxygen atoms in total. The third kappa shape index (κ3) is 11.8. The first kappa shape index (κ1) is 31.1. The molecule has 0 saturated heterocycles. The first-order valence-electron chi connectivity index (χ1n) is 10.7. The maximum absolute atomic E-state index is 12.8. The summed E-state index contributed by atoms with van der Waals surface area (Å²) in [6.45, 7) is 3.44. The average molecular weight is 506 g/mol. The minimum Gasteiger partial charge on any atom is -0.481 e. The third-order valence-corrected chi connectivity index (χ3v) is 5.71. The SMILES string of the molecule is CCC(C)C(NC(=O)C(CCSC)NC(=O)C(CC(N)=O)NC(=O)C(N)CCC(=O)O)C(=O)O. The molecule has 0 rings (SSSR count). The van der Waals surface area contributed by atoms with Gasteiger partial charge in [-0.1, -0.05) is 20.3 Å². The van der Waals surface area contributed by atoms with E-state index >= 15 is 0 Å². The summed E-state index contributed by atoms with van der Waals surface area (Å²) in [7, 11) is 0. The lowest BCUT2D eigenvalue weighted by molar-refractivity contribution is -0.144. The number of primary amides is 1. The fourth-order valence-electron chi connectivity index (χ4n) is 2.81. The number of rotatable bonds is 17. The van der Waals surface area contributed by atoms with Gasteiger partial charge in [0, 0.05) is 6.42 Å². The summed E-state index contributed by atoms with van der Waals surface area (Å²) in [6.07, 6.45) is 1.26. The monoisotopic (exact) mass is 505 g/mol. The van der Waals surface area contributed by atoms with Crippen molar-refractivity contribution in [2.75, 3.05) is 12.0 Å². The van der Waals surface area contributed by atoms with E-state index in [2.05, 4.69) is 16.0 Å². The molecule has 0 spiro atoms. The summed E-state index contributed by atoms with van der Waals surface area (Å²) in [6, 6.07) is -5.02. The highest BCUT2D eigenvalue weighted by Gasteiger charge is 2.32. The van der Waals surface area contributed by atoms with Crippen molar-refractivity contribution in [1.29, 1.82) is 0 Å². The molecule has 0 heterocycles. The molecular weight excluding hydrogens is 470 g/mol. The van der Waals surface area contributed by atoms with Gasteiger partial charge in [-0.25, -0.2) is 4.79 Å². The van der Waals surface area contributed by atoms with Crippen LogP contribution in [0.5, 0.6) is 0 Å². The van der Waals surface area contributed by atoms with Crippen molar-refractivity contribution in [3.8, 4) is 0 Å². The Morgan fingerprint density at radius 2 is 1.47 bits per heavy atom. The molecule has 34 heavy (non-hydrogen) atoms. The lowest BCUT2D eigenvalue weighted by Gasteiger charge is -2.26. The van der Waals surface area contributed by atoms with Gasteiger partial charge in [-0.3, -0.25) is 24.0 Å². The second-order valence-electron chi connectivity index (χ2n) is 7.82. The molecule has 194 valence electrons. The summed E-state index contributed by atoms with van der Waals surface area (Å²) in [4.78, 5) is 71.5. The zero-order chi connectivity index (χ0) is 26.4. The summed E-state index contributed by atoms with van der Waals surface area (Å²) in [5, 5.41) is 25.3. The number of hydrogen-bond acceptors (Lipinski definition) is 8. The van der Waals surface area contributed by atoms with Gasteiger partial charge in [-0.05, 0) is 30.8 Å². The van der Waals surface area contributed by atoms with Crippen LogP contribution in [0.3, 0.4) is 0 Å². The van der Waals surface area contributed by atoms with E-state index in [0.29, 0.717) is 12.2 Å². The number of nitrogens with two attached hydrogens (primary N) is 2. The quantitative estimate of drug-likeness (QED) is 0.119. The minimum atomic E-state index is -1.46. The van der Waals surface area contributed by atoms with E-state index in [1.54, 1.807) is 20.1 Å². The number of carbonyl (C=O) groups is 6. The number of carboxylic acid groups (broad SMARTS) is 2. The van der Waals surface area contributed by atoms with Crippen molar-refractivity contribution < 1.29 is 39.0 Å². The smallest absolute Gasteiger partial charge is 0.326 e. The van der Waals surface area contributed by atoms with Crippen molar-refractivity contribution in [1.82, 2.24) is 16.0 Å². The van der Waals surface area contributed by atoms with Crippen molar-refractivity contribution >= 4 is 47.3 Å². The summed E-state index contributed by atoms with van der Waals surface area (Å²) >= 11 is 1.40. The predicted molar refractivity (Wildman–Crippen MR) is 125 cm³/mol. The molecule has 5 unspecified atom stereocenters. The Labute approximate surface area is 202 Å². The van der Waals surface area contributed by atoms with E-state index in [0.717, 1.165) is 0 Å². The van der Waals surface area contributed by atoms with Gasteiger partial charge in [-0.2, -0.15) is 11.8 Å². The van der Waals surface area contributed by atoms with Gasteiger partial charge in [0.05, 0.1) is 12.5 Å².